The molecule has 176 valence electrons. The molecule has 2 N–H and O–H groups in total. The molecule has 32 heavy (non-hydrogen) atoms. The number of alkyl halides is 3. The molecule has 0 bridgehead atoms. The van der Waals surface area contributed by atoms with Crippen LogP contribution in [0.25, 0.3) is 0 Å². The zero-order valence-corrected chi connectivity index (χ0v) is 17.9. The van der Waals surface area contributed by atoms with Crippen LogP contribution in [0.5, 0.6) is 5.75 Å². The smallest absolute Gasteiger partial charge is 0.416 e. The Bertz CT molecular complexity index is 1070. The highest BCUT2D eigenvalue weighted by Gasteiger charge is 2.34. The fraction of sp³-hybridized carbons (Fsp3) is 0.350. The Morgan fingerprint density at radius 3 is 2.34 bits per heavy atom. The van der Waals surface area contributed by atoms with Gasteiger partial charge in [-0.3, -0.25) is 4.79 Å². The molecule has 0 fully saturated rings. The van der Waals surface area contributed by atoms with Crippen LogP contribution in [0.4, 0.5) is 22.0 Å². The fourth-order valence-electron chi connectivity index (χ4n) is 2.63. The van der Waals surface area contributed by atoms with Crippen LogP contribution < -0.4 is 14.8 Å². The summed E-state index contributed by atoms with van der Waals surface area (Å²) in [6.07, 6.45) is -5.38. The second kappa shape index (κ2) is 10.3. The van der Waals surface area contributed by atoms with Crippen LogP contribution >= 0.6 is 0 Å². The fourth-order valence-corrected chi connectivity index (χ4v) is 3.67. The first-order valence-corrected chi connectivity index (χ1v) is 10.9. The van der Waals surface area contributed by atoms with E-state index in [1.807, 2.05) is 4.72 Å². The van der Waals surface area contributed by atoms with E-state index in [-0.39, 0.29) is 17.4 Å². The van der Waals surface area contributed by atoms with E-state index < -0.39 is 63.7 Å². The van der Waals surface area contributed by atoms with E-state index in [1.165, 1.54) is 12.1 Å². The number of halogens is 5. The molecular formula is C20H21F5N2O4S. The predicted molar refractivity (Wildman–Crippen MR) is 105 cm³/mol. The van der Waals surface area contributed by atoms with Gasteiger partial charge in [0.2, 0.25) is 15.9 Å². The Labute approximate surface area is 181 Å². The topological polar surface area (TPSA) is 84.5 Å². The number of ether oxygens (including phenoxy) is 1. The van der Waals surface area contributed by atoms with Crippen molar-refractivity contribution in [3.63, 3.8) is 0 Å². The van der Waals surface area contributed by atoms with Gasteiger partial charge in [0.15, 0.2) is 11.6 Å². The van der Waals surface area contributed by atoms with Gasteiger partial charge in [0.1, 0.15) is 5.75 Å². The summed E-state index contributed by atoms with van der Waals surface area (Å²) in [4.78, 5) is 11.4. The van der Waals surface area contributed by atoms with Crippen LogP contribution in [0, 0.1) is 11.6 Å². The van der Waals surface area contributed by atoms with Crippen molar-refractivity contribution in [2.75, 3.05) is 6.54 Å². The SMILES string of the molecule is CC(C)Oc1ccc(CNC(=O)CCNS(=O)(=O)c2ccc(F)c(F)c2)c(C(F)(F)F)c1. The Morgan fingerprint density at radius 2 is 1.75 bits per heavy atom. The molecule has 0 heterocycles. The molecule has 0 spiro atoms. The maximum Gasteiger partial charge on any atom is 0.416 e. The molecule has 2 aromatic carbocycles. The largest absolute Gasteiger partial charge is 0.491 e. The Kier molecular flexibility index (Phi) is 8.18. The van der Waals surface area contributed by atoms with Crippen molar-refractivity contribution < 1.29 is 39.9 Å². The summed E-state index contributed by atoms with van der Waals surface area (Å²) in [6.45, 7) is 2.50. The predicted octanol–water partition coefficient (Wildman–Crippen LogP) is 3.76. The highest BCUT2D eigenvalue weighted by Crippen LogP contribution is 2.34. The minimum absolute atomic E-state index is 0.0361. The molecule has 2 rings (SSSR count). The zero-order valence-electron chi connectivity index (χ0n) is 17.1. The number of carbonyl (C=O) groups is 1. The molecule has 12 heteroatoms. The molecule has 0 saturated carbocycles. The second-order valence-electron chi connectivity index (χ2n) is 6.98. The first-order chi connectivity index (χ1) is 14.8. The summed E-state index contributed by atoms with van der Waals surface area (Å²) >= 11 is 0. The molecule has 1 amide bonds. The van der Waals surface area contributed by atoms with Gasteiger partial charge >= 0.3 is 6.18 Å². The number of rotatable bonds is 9. The van der Waals surface area contributed by atoms with Gasteiger partial charge in [0.05, 0.1) is 16.6 Å². The van der Waals surface area contributed by atoms with Crippen molar-refractivity contribution in [3.8, 4) is 5.75 Å². The van der Waals surface area contributed by atoms with E-state index in [9.17, 15) is 35.2 Å². The highest BCUT2D eigenvalue weighted by molar-refractivity contribution is 7.89. The molecule has 0 aliphatic heterocycles. The third kappa shape index (κ3) is 7.16. The number of carbonyl (C=O) groups excluding carboxylic acids is 1. The minimum Gasteiger partial charge on any atom is -0.491 e. The standard InChI is InChI=1S/C20H21F5N2O4S/c1-12(2)31-14-4-3-13(16(9-14)20(23,24)25)11-26-19(28)7-8-27-32(29,30)15-5-6-17(21)18(22)10-15/h3-6,9-10,12,27H,7-8,11H2,1-2H3,(H,26,28). The van der Waals surface area contributed by atoms with Gasteiger partial charge in [-0.2, -0.15) is 13.2 Å². The van der Waals surface area contributed by atoms with Gasteiger partial charge in [0, 0.05) is 19.5 Å². The van der Waals surface area contributed by atoms with Crippen LogP contribution in [-0.4, -0.2) is 27.0 Å². The third-order valence-electron chi connectivity index (χ3n) is 4.08. The summed E-state index contributed by atoms with van der Waals surface area (Å²) in [5.74, 6) is -3.25. The van der Waals surface area contributed by atoms with E-state index in [1.54, 1.807) is 13.8 Å². The lowest BCUT2D eigenvalue weighted by Gasteiger charge is -2.17. The molecule has 0 atom stereocenters. The van der Waals surface area contributed by atoms with E-state index in [0.717, 1.165) is 12.1 Å². The molecular weight excluding hydrogens is 459 g/mol. The molecule has 0 aromatic heterocycles. The summed E-state index contributed by atoms with van der Waals surface area (Å²) < 4.78 is 97.6. The monoisotopic (exact) mass is 480 g/mol. The van der Waals surface area contributed by atoms with Gasteiger partial charge in [-0.25, -0.2) is 21.9 Å². The third-order valence-corrected chi connectivity index (χ3v) is 5.54. The quantitative estimate of drug-likeness (QED) is 0.536. The van der Waals surface area contributed by atoms with Crippen molar-refractivity contribution in [1.29, 1.82) is 0 Å². The lowest BCUT2D eigenvalue weighted by atomic mass is 10.1. The molecule has 0 radical (unpaired) electrons. The zero-order chi connectivity index (χ0) is 24.1. The average Bonchev–Trinajstić information content (AvgIpc) is 2.67. The summed E-state index contributed by atoms with van der Waals surface area (Å²) in [6, 6.07) is 5.37. The van der Waals surface area contributed by atoms with E-state index in [0.29, 0.717) is 12.1 Å². The maximum absolute atomic E-state index is 13.3. The first-order valence-electron chi connectivity index (χ1n) is 9.38. The molecule has 0 aliphatic rings. The number of hydrogen-bond donors (Lipinski definition) is 2. The molecule has 6 nitrogen and oxygen atoms in total. The highest BCUT2D eigenvalue weighted by atomic mass is 32.2. The molecule has 0 saturated heterocycles. The van der Waals surface area contributed by atoms with Gasteiger partial charge in [-0.05, 0) is 49.7 Å². The maximum atomic E-state index is 13.3. The van der Waals surface area contributed by atoms with Crippen LogP contribution in [-0.2, 0) is 27.5 Å². The average molecular weight is 480 g/mol. The normalized spacial score (nSPS) is 12.1. The second-order valence-corrected chi connectivity index (χ2v) is 8.75. The van der Waals surface area contributed by atoms with Gasteiger partial charge in [0.25, 0.3) is 0 Å². The minimum atomic E-state index is -4.67. The lowest BCUT2D eigenvalue weighted by Crippen LogP contribution is -2.31. The van der Waals surface area contributed by atoms with Gasteiger partial charge in [-0.15, -0.1) is 0 Å². The Hall–Kier alpha value is -2.73. The number of sulfonamides is 1. The Morgan fingerprint density at radius 1 is 1.06 bits per heavy atom. The van der Waals surface area contributed by atoms with Crippen molar-refractivity contribution in [3.05, 3.63) is 59.2 Å². The molecule has 0 aliphatic carbocycles. The summed E-state index contributed by atoms with van der Waals surface area (Å²) in [5.41, 5.74) is -1.15. The summed E-state index contributed by atoms with van der Waals surface area (Å²) in [7, 11) is -4.20. The molecule has 2 aromatic rings. The Balaban J connectivity index is 1.96. The summed E-state index contributed by atoms with van der Waals surface area (Å²) in [5, 5.41) is 2.29. The van der Waals surface area contributed by atoms with Crippen molar-refractivity contribution in [2.45, 2.75) is 44.0 Å². The van der Waals surface area contributed by atoms with Gasteiger partial charge in [-0.1, -0.05) is 6.07 Å². The number of hydrogen-bond acceptors (Lipinski definition) is 4. The van der Waals surface area contributed by atoms with Crippen LogP contribution in [0.15, 0.2) is 41.3 Å². The molecule has 0 unspecified atom stereocenters. The van der Waals surface area contributed by atoms with E-state index in [4.69, 9.17) is 4.74 Å². The van der Waals surface area contributed by atoms with Crippen molar-refractivity contribution in [2.24, 2.45) is 0 Å². The number of amides is 1. The lowest BCUT2D eigenvalue weighted by molar-refractivity contribution is -0.138. The van der Waals surface area contributed by atoms with Crippen LogP contribution in [0.1, 0.15) is 31.4 Å². The van der Waals surface area contributed by atoms with Crippen molar-refractivity contribution in [1.82, 2.24) is 10.0 Å². The van der Waals surface area contributed by atoms with Crippen LogP contribution in [0.2, 0.25) is 0 Å². The number of benzene rings is 2. The van der Waals surface area contributed by atoms with Crippen LogP contribution in [0.3, 0.4) is 0 Å². The van der Waals surface area contributed by atoms with Crippen molar-refractivity contribution >= 4 is 15.9 Å². The van der Waals surface area contributed by atoms with Gasteiger partial charge < -0.3 is 10.1 Å². The number of nitrogens with one attached hydrogen (secondary N) is 2. The first kappa shape index (κ1) is 25.5. The van der Waals surface area contributed by atoms with E-state index >= 15 is 0 Å². The van der Waals surface area contributed by atoms with E-state index in [2.05, 4.69) is 5.32 Å².